The van der Waals surface area contributed by atoms with E-state index in [4.69, 9.17) is 0 Å². The van der Waals surface area contributed by atoms with Gasteiger partial charge in [-0.3, -0.25) is 0 Å². The van der Waals surface area contributed by atoms with Crippen molar-refractivity contribution >= 4 is 111 Å². The molecule has 0 saturated carbocycles. The van der Waals surface area contributed by atoms with Crippen LogP contribution in [0.4, 0.5) is 0 Å². The summed E-state index contributed by atoms with van der Waals surface area (Å²) in [5, 5.41) is 5.80. The molecule has 0 atom stereocenters. The quantitative estimate of drug-likeness (QED) is 0.0197. The van der Waals surface area contributed by atoms with Crippen molar-refractivity contribution in [2.24, 2.45) is 0 Å². The fourth-order valence-electron chi connectivity index (χ4n) is 18.0. The number of benzene rings is 8. The molecular formula is C112H172O12PbS4-4. The van der Waals surface area contributed by atoms with Crippen LogP contribution >= 0.6 is 0 Å². The van der Waals surface area contributed by atoms with Crippen molar-refractivity contribution in [3.05, 3.63) is 166 Å². The van der Waals surface area contributed by atoms with Gasteiger partial charge in [-0.1, -0.05) is 436 Å². The van der Waals surface area contributed by atoms with Crippen LogP contribution in [0.25, 0.3) is 43.1 Å². The Bertz CT molecular complexity index is 4220. The van der Waals surface area contributed by atoms with Crippen molar-refractivity contribution in [3.63, 3.8) is 0 Å². The van der Waals surface area contributed by atoms with Crippen LogP contribution in [-0.4, -0.2) is 79.2 Å². The van der Waals surface area contributed by atoms with Crippen molar-refractivity contribution in [1.82, 2.24) is 0 Å². The molecule has 129 heavy (non-hydrogen) atoms. The average Bonchev–Trinajstić information content (AvgIpc) is 0.798. The molecule has 4 radical (unpaired) electrons. The Labute approximate surface area is 807 Å². The van der Waals surface area contributed by atoms with E-state index < -0.39 is 40.5 Å². The number of hydrogen-bond acceptors (Lipinski definition) is 12. The third-order valence-corrected chi connectivity index (χ3v) is 29.3. The Kier molecular flexibility index (Phi) is 62.6. The van der Waals surface area contributed by atoms with E-state index in [1.54, 1.807) is 24.3 Å². The van der Waals surface area contributed by atoms with Gasteiger partial charge in [0.1, 0.15) is 40.5 Å². The Morgan fingerprint density at radius 2 is 0.287 bits per heavy atom. The first-order valence-corrected chi connectivity index (χ1v) is 57.5. The molecule has 0 amide bonds. The molecule has 0 unspecified atom stereocenters. The largest absolute Gasteiger partial charge is 0.744 e. The Balaban J connectivity index is 0.000000359. The van der Waals surface area contributed by atoms with E-state index in [1.165, 1.54) is 283 Å². The summed E-state index contributed by atoms with van der Waals surface area (Å²) >= 11 is 0. The first-order chi connectivity index (χ1) is 61.8. The van der Waals surface area contributed by atoms with Crippen LogP contribution in [0, 0.1) is 0 Å². The molecule has 0 fully saturated rings. The van der Waals surface area contributed by atoms with Crippen LogP contribution in [-0.2, 0) is 91.8 Å². The summed E-state index contributed by atoms with van der Waals surface area (Å²) in [5.74, 6) is 0. The third kappa shape index (κ3) is 49.6. The third-order valence-electron chi connectivity index (χ3n) is 25.8. The monoisotopic (exact) mass is 2050 g/mol. The minimum atomic E-state index is -4.50. The summed E-state index contributed by atoms with van der Waals surface area (Å²) in [6.07, 6.45) is 76.2. The van der Waals surface area contributed by atoms with Gasteiger partial charge < -0.3 is 18.2 Å². The fourth-order valence-corrected chi connectivity index (χ4v) is 21.0. The molecule has 8 aromatic carbocycles. The van der Waals surface area contributed by atoms with Gasteiger partial charge in [0.25, 0.3) is 0 Å². The second-order valence-electron chi connectivity index (χ2n) is 37.4. The van der Waals surface area contributed by atoms with Crippen molar-refractivity contribution in [2.45, 2.75) is 486 Å². The molecule has 0 aliphatic heterocycles. The van der Waals surface area contributed by atoms with Crippen molar-refractivity contribution in [1.29, 1.82) is 0 Å². The fraction of sp³-hybridized carbons (Fsp3) is 0.643. The summed E-state index contributed by atoms with van der Waals surface area (Å²) in [6, 6.07) is 38.8. The van der Waals surface area contributed by atoms with Gasteiger partial charge in [-0.15, -0.1) is 0 Å². The predicted octanol–water partition coefficient (Wildman–Crippen LogP) is 32.9. The predicted molar refractivity (Wildman–Crippen MR) is 547 cm³/mol. The van der Waals surface area contributed by atoms with E-state index in [0.717, 1.165) is 194 Å². The zero-order valence-corrected chi connectivity index (χ0v) is 89.0. The maximum absolute atomic E-state index is 12.0. The molecule has 0 heterocycles. The standard InChI is InChI=1S/4C28H44O3S.Pb/c4*1-3-5-7-9-11-13-15-17-24-19-20-26-21-25(18-16-14-12-10-8-6-4-2)23-28(27(26)22-24)32(29,30)31;/h4*19-23H,3-18H2,1-2H3,(H,29,30,31);/p-4. The Hall–Kier alpha value is -4.64. The normalized spacial score (nSPS) is 11.9. The summed E-state index contributed by atoms with van der Waals surface area (Å²) in [4.78, 5) is -0.188. The average molecular weight is 2050 g/mol. The van der Waals surface area contributed by atoms with Gasteiger partial charge in [-0.05, 0) is 239 Å². The minimum absolute atomic E-state index is 0. The smallest absolute Gasteiger partial charge is 0.125 e. The van der Waals surface area contributed by atoms with E-state index in [0.29, 0.717) is 21.5 Å². The van der Waals surface area contributed by atoms with Gasteiger partial charge in [0, 0.05) is 27.3 Å². The molecule has 0 bridgehead atoms. The van der Waals surface area contributed by atoms with Crippen molar-refractivity contribution in [2.75, 3.05) is 0 Å². The molecule has 17 heteroatoms. The number of aryl methyl sites for hydroxylation is 8. The zero-order valence-electron chi connectivity index (χ0n) is 81.8. The van der Waals surface area contributed by atoms with Crippen LogP contribution in [0.2, 0.25) is 0 Å². The van der Waals surface area contributed by atoms with E-state index in [9.17, 15) is 51.9 Å². The second-order valence-corrected chi connectivity index (χ2v) is 42.8. The summed E-state index contributed by atoms with van der Waals surface area (Å²) in [6.45, 7) is 17.8. The molecule has 8 aromatic rings. The first kappa shape index (κ1) is 117. The minimum Gasteiger partial charge on any atom is -0.744 e. The van der Waals surface area contributed by atoms with E-state index in [-0.39, 0.29) is 46.9 Å². The SMILES string of the molecule is CCCCCCCCCc1cc(S(=O)(=O)[O-])c2cc(CCCCCCCCC)ccc2c1.CCCCCCCCCc1cc(S(=O)(=O)[O-])c2cc(CCCCCCCCC)ccc2c1.CCCCCCCCCc1cc(S(=O)(=O)[O-])c2cc(CCCCCCCCC)ccc2c1.CCCCCCCCCc1cc(S(=O)(=O)[O-])c2cc(CCCCCCCCC)ccc2c1.[Pb]. The summed E-state index contributed by atoms with van der Waals surface area (Å²) < 4.78 is 144. The maximum atomic E-state index is 12.0. The summed E-state index contributed by atoms with van der Waals surface area (Å²) in [5.41, 5.74) is 8.32. The van der Waals surface area contributed by atoms with Crippen LogP contribution in [0.1, 0.15) is 459 Å². The molecule has 724 valence electrons. The van der Waals surface area contributed by atoms with Crippen LogP contribution in [0.5, 0.6) is 0 Å². The van der Waals surface area contributed by atoms with E-state index >= 15 is 0 Å². The number of fused-ring (bicyclic) bond motifs is 4. The van der Waals surface area contributed by atoms with Crippen LogP contribution < -0.4 is 0 Å². The second kappa shape index (κ2) is 69.2. The topological polar surface area (TPSA) is 229 Å². The van der Waals surface area contributed by atoms with Crippen molar-refractivity contribution < 1.29 is 51.9 Å². The maximum Gasteiger partial charge on any atom is 0.125 e. The molecule has 0 N–H and O–H groups in total. The number of rotatable bonds is 68. The van der Waals surface area contributed by atoms with Gasteiger partial charge in [-0.2, -0.15) is 0 Å². The molecule has 0 aliphatic rings. The molecule has 0 aliphatic carbocycles. The van der Waals surface area contributed by atoms with E-state index in [1.807, 2.05) is 48.5 Å². The van der Waals surface area contributed by atoms with Gasteiger partial charge in [0.05, 0.1) is 19.6 Å². The molecule has 12 nitrogen and oxygen atoms in total. The molecular weight excluding hydrogens is 1870 g/mol. The van der Waals surface area contributed by atoms with Crippen molar-refractivity contribution in [3.8, 4) is 0 Å². The molecule has 0 spiro atoms. The van der Waals surface area contributed by atoms with Crippen LogP contribution in [0.15, 0.2) is 141 Å². The van der Waals surface area contributed by atoms with Gasteiger partial charge >= 0.3 is 0 Å². The van der Waals surface area contributed by atoms with Gasteiger partial charge in [-0.25, -0.2) is 33.7 Å². The van der Waals surface area contributed by atoms with E-state index in [2.05, 4.69) is 104 Å². The van der Waals surface area contributed by atoms with Gasteiger partial charge in [0.2, 0.25) is 0 Å². The Morgan fingerprint density at radius 1 is 0.163 bits per heavy atom. The van der Waals surface area contributed by atoms with Crippen LogP contribution in [0.3, 0.4) is 0 Å². The van der Waals surface area contributed by atoms with Gasteiger partial charge in [0.15, 0.2) is 0 Å². The Morgan fingerprint density at radius 3 is 0.419 bits per heavy atom. The summed E-state index contributed by atoms with van der Waals surface area (Å²) in [7, 11) is -18.0. The number of hydrogen-bond donors (Lipinski definition) is 0. The molecule has 8 rings (SSSR count). The molecule has 0 saturated heterocycles. The number of unbranched alkanes of at least 4 members (excludes halogenated alkanes) is 48. The zero-order chi connectivity index (χ0) is 92.9. The first-order valence-electron chi connectivity index (χ1n) is 51.9. The molecule has 0 aromatic heterocycles.